The summed E-state index contributed by atoms with van der Waals surface area (Å²) in [6.07, 6.45) is 1.50. The average Bonchev–Trinajstić information content (AvgIpc) is 2.43. The van der Waals surface area contributed by atoms with Crippen LogP contribution in [-0.4, -0.2) is 38.1 Å². The van der Waals surface area contributed by atoms with Crippen molar-refractivity contribution in [2.45, 2.75) is 26.3 Å². The summed E-state index contributed by atoms with van der Waals surface area (Å²) in [5, 5.41) is 3.16. The molecule has 0 radical (unpaired) electrons. The van der Waals surface area contributed by atoms with E-state index in [0.717, 1.165) is 25.1 Å². The lowest BCUT2D eigenvalue weighted by atomic mass is 10.0. The van der Waals surface area contributed by atoms with Crippen molar-refractivity contribution in [1.29, 1.82) is 0 Å². The Labute approximate surface area is 115 Å². The van der Waals surface area contributed by atoms with Gasteiger partial charge in [-0.25, -0.2) is 8.42 Å². The molecule has 0 saturated heterocycles. The van der Waals surface area contributed by atoms with Gasteiger partial charge in [0, 0.05) is 13.1 Å². The molecule has 19 heavy (non-hydrogen) atoms. The van der Waals surface area contributed by atoms with E-state index in [-0.39, 0.29) is 5.75 Å². The molecule has 106 valence electrons. The van der Waals surface area contributed by atoms with Crippen molar-refractivity contribution in [2.75, 3.05) is 25.4 Å². The molecule has 0 spiro atoms. The van der Waals surface area contributed by atoms with Crippen LogP contribution >= 0.6 is 0 Å². The topological polar surface area (TPSA) is 49.4 Å². The zero-order chi connectivity index (χ0) is 13.7. The van der Waals surface area contributed by atoms with E-state index in [1.165, 1.54) is 5.56 Å². The van der Waals surface area contributed by atoms with E-state index in [0.29, 0.717) is 19.5 Å². The van der Waals surface area contributed by atoms with Crippen molar-refractivity contribution >= 4 is 10.0 Å². The highest BCUT2D eigenvalue weighted by Crippen LogP contribution is 2.21. The maximum atomic E-state index is 12.3. The van der Waals surface area contributed by atoms with Gasteiger partial charge >= 0.3 is 0 Å². The maximum Gasteiger partial charge on any atom is 0.214 e. The number of sulfonamides is 1. The molecular formula is C14H22N2O2S. The Hall–Kier alpha value is -0.910. The monoisotopic (exact) mass is 282 g/mol. The summed E-state index contributed by atoms with van der Waals surface area (Å²) < 4.78 is 26.1. The van der Waals surface area contributed by atoms with E-state index in [1.807, 2.05) is 25.1 Å². The Morgan fingerprint density at radius 3 is 2.74 bits per heavy atom. The molecule has 0 aromatic heterocycles. The first-order valence-electron chi connectivity index (χ1n) is 6.89. The normalized spacial score (nSPS) is 16.3. The molecule has 0 unspecified atom stereocenters. The van der Waals surface area contributed by atoms with Gasteiger partial charge in [-0.2, -0.15) is 4.31 Å². The third kappa shape index (κ3) is 3.78. The predicted molar refractivity (Wildman–Crippen MR) is 77.5 cm³/mol. The fraction of sp³-hybridized carbons (Fsp3) is 0.571. The Kier molecular flexibility index (Phi) is 4.96. The molecule has 0 bridgehead atoms. The van der Waals surface area contributed by atoms with E-state index < -0.39 is 10.0 Å². The minimum atomic E-state index is -3.11. The van der Waals surface area contributed by atoms with Gasteiger partial charge in [-0.1, -0.05) is 31.2 Å². The molecule has 1 aromatic carbocycles. The van der Waals surface area contributed by atoms with Crippen LogP contribution in [0.1, 0.15) is 24.5 Å². The Morgan fingerprint density at radius 2 is 2.00 bits per heavy atom. The zero-order valence-corrected chi connectivity index (χ0v) is 12.2. The first-order valence-corrected chi connectivity index (χ1v) is 8.49. The Bertz CT molecular complexity index is 514. The van der Waals surface area contributed by atoms with Crippen molar-refractivity contribution in [2.24, 2.45) is 0 Å². The molecule has 0 fully saturated rings. The van der Waals surface area contributed by atoms with E-state index in [1.54, 1.807) is 4.31 Å². The van der Waals surface area contributed by atoms with Gasteiger partial charge in [0.15, 0.2) is 0 Å². The quantitative estimate of drug-likeness (QED) is 0.802. The lowest BCUT2D eigenvalue weighted by Gasteiger charge is -2.28. The van der Waals surface area contributed by atoms with Gasteiger partial charge in [-0.3, -0.25) is 0 Å². The highest BCUT2D eigenvalue weighted by Gasteiger charge is 2.25. The van der Waals surface area contributed by atoms with Gasteiger partial charge < -0.3 is 5.32 Å². The minimum Gasteiger partial charge on any atom is -0.317 e. The van der Waals surface area contributed by atoms with Crippen LogP contribution in [0.25, 0.3) is 0 Å². The number of hydrogen-bond acceptors (Lipinski definition) is 3. The van der Waals surface area contributed by atoms with Crippen LogP contribution in [-0.2, 0) is 23.0 Å². The van der Waals surface area contributed by atoms with Crippen molar-refractivity contribution in [1.82, 2.24) is 9.62 Å². The van der Waals surface area contributed by atoms with Crippen LogP contribution in [0.3, 0.4) is 0 Å². The molecule has 1 heterocycles. The van der Waals surface area contributed by atoms with Crippen LogP contribution in [0.15, 0.2) is 24.3 Å². The van der Waals surface area contributed by atoms with E-state index >= 15 is 0 Å². The second-order valence-electron chi connectivity index (χ2n) is 4.88. The van der Waals surface area contributed by atoms with E-state index in [9.17, 15) is 8.42 Å². The molecule has 1 N–H and O–H groups in total. The van der Waals surface area contributed by atoms with Crippen LogP contribution in [0.5, 0.6) is 0 Å². The van der Waals surface area contributed by atoms with Gasteiger partial charge in [-0.15, -0.1) is 0 Å². The number of nitrogens with zero attached hydrogens (tertiary/aromatic N) is 1. The summed E-state index contributed by atoms with van der Waals surface area (Å²) in [6, 6.07) is 8.10. The van der Waals surface area contributed by atoms with Gasteiger partial charge in [-0.05, 0) is 37.1 Å². The number of benzene rings is 1. The molecule has 0 saturated carbocycles. The number of rotatable bonds is 6. The average molecular weight is 282 g/mol. The van der Waals surface area contributed by atoms with Crippen molar-refractivity contribution in [3.8, 4) is 0 Å². The third-order valence-electron chi connectivity index (χ3n) is 3.49. The molecular weight excluding hydrogens is 260 g/mol. The summed E-state index contributed by atoms with van der Waals surface area (Å²) in [6.45, 7) is 4.81. The summed E-state index contributed by atoms with van der Waals surface area (Å²) in [5.41, 5.74) is 2.42. The van der Waals surface area contributed by atoms with Gasteiger partial charge in [0.05, 0.1) is 5.75 Å². The number of hydrogen-bond donors (Lipinski definition) is 1. The molecule has 4 nitrogen and oxygen atoms in total. The van der Waals surface area contributed by atoms with Crippen LogP contribution in [0.2, 0.25) is 0 Å². The van der Waals surface area contributed by atoms with Crippen LogP contribution in [0.4, 0.5) is 0 Å². The van der Waals surface area contributed by atoms with E-state index in [4.69, 9.17) is 0 Å². The highest BCUT2D eigenvalue weighted by molar-refractivity contribution is 7.89. The number of fused-ring (bicyclic) bond motifs is 1. The summed E-state index contributed by atoms with van der Waals surface area (Å²) >= 11 is 0. The summed E-state index contributed by atoms with van der Waals surface area (Å²) in [7, 11) is -3.11. The highest BCUT2D eigenvalue weighted by atomic mass is 32.2. The maximum absolute atomic E-state index is 12.3. The summed E-state index contributed by atoms with van der Waals surface area (Å²) in [5.74, 6) is 0.238. The number of nitrogens with one attached hydrogen (secondary N) is 1. The molecule has 0 amide bonds. The van der Waals surface area contributed by atoms with Crippen molar-refractivity contribution < 1.29 is 8.42 Å². The lowest BCUT2D eigenvalue weighted by Crippen LogP contribution is -2.37. The van der Waals surface area contributed by atoms with Gasteiger partial charge in [0.2, 0.25) is 10.0 Å². The standard InChI is InChI=1S/C14H22N2O2S/c1-2-15-9-5-11-19(17,18)16-10-8-13-6-3-4-7-14(13)12-16/h3-4,6-7,15H,2,5,8-12H2,1H3. The Morgan fingerprint density at radius 1 is 1.26 bits per heavy atom. The van der Waals surface area contributed by atoms with Crippen molar-refractivity contribution in [3.05, 3.63) is 35.4 Å². The second-order valence-corrected chi connectivity index (χ2v) is 6.96. The van der Waals surface area contributed by atoms with Crippen molar-refractivity contribution in [3.63, 3.8) is 0 Å². The fourth-order valence-electron chi connectivity index (χ4n) is 2.39. The van der Waals surface area contributed by atoms with E-state index in [2.05, 4.69) is 11.4 Å². The second kappa shape index (κ2) is 6.50. The largest absolute Gasteiger partial charge is 0.317 e. The third-order valence-corrected chi connectivity index (χ3v) is 5.40. The molecule has 1 aromatic rings. The minimum absolute atomic E-state index is 0.238. The molecule has 0 aliphatic carbocycles. The molecule has 5 heteroatoms. The smallest absolute Gasteiger partial charge is 0.214 e. The van der Waals surface area contributed by atoms with Gasteiger partial charge in [0.25, 0.3) is 0 Å². The van der Waals surface area contributed by atoms with Gasteiger partial charge in [0.1, 0.15) is 0 Å². The first kappa shape index (κ1) is 14.5. The van der Waals surface area contributed by atoms with Crippen LogP contribution < -0.4 is 5.32 Å². The lowest BCUT2D eigenvalue weighted by molar-refractivity contribution is 0.390. The predicted octanol–water partition coefficient (Wildman–Crippen LogP) is 1.37. The first-order chi connectivity index (χ1) is 9.13. The molecule has 1 aliphatic heterocycles. The van der Waals surface area contributed by atoms with Crippen LogP contribution in [0, 0.1) is 0 Å². The zero-order valence-electron chi connectivity index (χ0n) is 11.4. The fourth-order valence-corrected chi connectivity index (χ4v) is 3.87. The SMILES string of the molecule is CCNCCCS(=O)(=O)N1CCc2ccccc2C1. The summed E-state index contributed by atoms with van der Waals surface area (Å²) in [4.78, 5) is 0. The molecule has 0 atom stereocenters. The molecule has 2 rings (SSSR count). The molecule has 1 aliphatic rings. The Balaban J connectivity index is 1.96.